The van der Waals surface area contributed by atoms with Crippen LogP contribution in [0.3, 0.4) is 0 Å². The number of esters is 1. The molecule has 0 atom stereocenters. The molecule has 0 saturated heterocycles. The maximum Gasteiger partial charge on any atom is 0.310 e. The van der Waals surface area contributed by atoms with Crippen molar-refractivity contribution in [1.29, 1.82) is 0 Å². The summed E-state index contributed by atoms with van der Waals surface area (Å²) in [5, 5.41) is 2.70. The number of methoxy groups -OCH3 is 1. The molecule has 1 amide bonds. The summed E-state index contributed by atoms with van der Waals surface area (Å²) in [6.07, 6.45) is 0.159. The van der Waals surface area contributed by atoms with E-state index in [9.17, 15) is 9.59 Å². The highest BCUT2D eigenvalue weighted by molar-refractivity contribution is 5.90. The van der Waals surface area contributed by atoms with Gasteiger partial charge in [-0.15, -0.1) is 0 Å². The molecule has 0 radical (unpaired) electrons. The SMILES string of the molecule is COC(=O)Cc1ccc(C)cc1NC(C)=O. The Balaban J connectivity index is 2.97. The average Bonchev–Trinajstić information content (AvgIpc) is 2.21. The average molecular weight is 221 g/mol. The Morgan fingerprint density at radius 3 is 2.62 bits per heavy atom. The summed E-state index contributed by atoms with van der Waals surface area (Å²) in [5.41, 5.74) is 2.45. The van der Waals surface area contributed by atoms with Crippen molar-refractivity contribution in [3.8, 4) is 0 Å². The van der Waals surface area contributed by atoms with Crippen molar-refractivity contribution in [2.45, 2.75) is 20.3 Å². The van der Waals surface area contributed by atoms with Gasteiger partial charge < -0.3 is 10.1 Å². The molecule has 4 heteroatoms. The lowest BCUT2D eigenvalue weighted by Crippen LogP contribution is -2.11. The normalized spacial score (nSPS) is 9.69. The molecule has 16 heavy (non-hydrogen) atoms. The van der Waals surface area contributed by atoms with Gasteiger partial charge >= 0.3 is 5.97 Å². The van der Waals surface area contributed by atoms with Crippen LogP contribution in [-0.4, -0.2) is 19.0 Å². The van der Waals surface area contributed by atoms with Crippen molar-refractivity contribution in [1.82, 2.24) is 0 Å². The van der Waals surface area contributed by atoms with Gasteiger partial charge in [0.1, 0.15) is 0 Å². The number of nitrogens with one attached hydrogen (secondary N) is 1. The Morgan fingerprint density at radius 2 is 2.06 bits per heavy atom. The number of anilines is 1. The number of hydrogen-bond acceptors (Lipinski definition) is 3. The van der Waals surface area contributed by atoms with Gasteiger partial charge in [0.25, 0.3) is 0 Å². The van der Waals surface area contributed by atoms with Crippen LogP contribution in [0.25, 0.3) is 0 Å². The van der Waals surface area contributed by atoms with E-state index in [2.05, 4.69) is 10.1 Å². The largest absolute Gasteiger partial charge is 0.469 e. The Hall–Kier alpha value is -1.84. The van der Waals surface area contributed by atoms with Gasteiger partial charge in [-0.3, -0.25) is 9.59 Å². The molecule has 0 bridgehead atoms. The van der Waals surface area contributed by atoms with Crippen LogP contribution in [0.2, 0.25) is 0 Å². The standard InChI is InChI=1S/C12H15NO3/c1-8-4-5-10(7-12(15)16-3)11(6-8)13-9(2)14/h4-6H,7H2,1-3H3,(H,13,14). The highest BCUT2D eigenvalue weighted by Gasteiger charge is 2.09. The third kappa shape index (κ3) is 3.38. The van der Waals surface area contributed by atoms with Gasteiger partial charge in [0.2, 0.25) is 5.91 Å². The summed E-state index contributed by atoms with van der Waals surface area (Å²) < 4.78 is 4.59. The van der Waals surface area contributed by atoms with Crippen LogP contribution in [-0.2, 0) is 20.7 Å². The second kappa shape index (κ2) is 5.30. The van der Waals surface area contributed by atoms with Crippen molar-refractivity contribution in [2.75, 3.05) is 12.4 Å². The number of rotatable bonds is 3. The summed E-state index contributed by atoms with van der Waals surface area (Å²) in [4.78, 5) is 22.2. The van der Waals surface area contributed by atoms with Crippen LogP contribution < -0.4 is 5.32 Å². The fourth-order valence-electron chi connectivity index (χ4n) is 1.38. The Labute approximate surface area is 94.6 Å². The zero-order valence-corrected chi connectivity index (χ0v) is 9.66. The molecular formula is C12H15NO3. The predicted molar refractivity (Wildman–Crippen MR) is 61.2 cm³/mol. The fraction of sp³-hybridized carbons (Fsp3) is 0.333. The number of carbonyl (C=O) groups is 2. The first kappa shape index (κ1) is 12.2. The van der Waals surface area contributed by atoms with E-state index in [1.807, 2.05) is 25.1 Å². The number of benzene rings is 1. The van der Waals surface area contributed by atoms with Gasteiger partial charge in [0, 0.05) is 12.6 Å². The predicted octanol–water partition coefficient (Wildman–Crippen LogP) is 1.67. The molecule has 1 rings (SSSR count). The summed E-state index contributed by atoms with van der Waals surface area (Å²) in [6, 6.07) is 5.54. The lowest BCUT2D eigenvalue weighted by molar-refractivity contribution is -0.139. The Bertz CT molecular complexity index is 413. The summed E-state index contributed by atoms with van der Waals surface area (Å²) >= 11 is 0. The van der Waals surface area contributed by atoms with Crippen LogP contribution in [0.5, 0.6) is 0 Å². The first-order chi connectivity index (χ1) is 7.52. The summed E-state index contributed by atoms with van der Waals surface area (Å²) in [5.74, 6) is -0.479. The number of ether oxygens (including phenoxy) is 1. The number of carbonyl (C=O) groups excluding carboxylic acids is 2. The van der Waals surface area contributed by atoms with E-state index in [0.717, 1.165) is 11.1 Å². The van der Waals surface area contributed by atoms with E-state index in [-0.39, 0.29) is 18.3 Å². The van der Waals surface area contributed by atoms with Gasteiger partial charge in [-0.05, 0) is 24.1 Å². The van der Waals surface area contributed by atoms with Crippen molar-refractivity contribution in [2.24, 2.45) is 0 Å². The Kier molecular flexibility index (Phi) is 4.05. The van der Waals surface area contributed by atoms with Crippen LogP contribution in [0, 0.1) is 6.92 Å². The highest BCUT2D eigenvalue weighted by atomic mass is 16.5. The maximum atomic E-state index is 11.2. The molecule has 0 aromatic heterocycles. The molecule has 0 fully saturated rings. The molecule has 1 aromatic rings. The van der Waals surface area contributed by atoms with E-state index in [1.54, 1.807) is 0 Å². The van der Waals surface area contributed by atoms with Gasteiger partial charge in [-0.1, -0.05) is 12.1 Å². The first-order valence-corrected chi connectivity index (χ1v) is 4.97. The van der Waals surface area contributed by atoms with Crippen molar-refractivity contribution in [3.63, 3.8) is 0 Å². The number of amides is 1. The van der Waals surface area contributed by atoms with Gasteiger partial charge in [0.05, 0.1) is 13.5 Å². The zero-order chi connectivity index (χ0) is 12.1. The number of hydrogen-bond donors (Lipinski definition) is 1. The van der Waals surface area contributed by atoms with Gasteiger partial charge in [-0.25, -0.2) is 0 Å². The molecule has 1 aromatic carbocycles. The van der Waals surface area contributed by atoms with Gasteiger partial charge in [-0.2, -0.15) is 0 Å². The van der Waals surface area contributed by atoms with E-state index in [1.165, 1.54) is 14.0 Å². The fourth-order valence-corrected chi connectivity index (χ4v) is 1.38. The minimum Gasteiger partial charge on any atom is -0.469 e. The molecule has 0 spiro atoms. The second-order valence-corrected chi connectivity index (χ2v) is 3.59. The molecule has 1 N–H and O–H groups in total. The molecular weight excluding hydrogens is 206 g/mol. The topological polar surface area (TPSA) is 55.4 Å². The van der Waals surface area contributed by atoms with Gasteiger partial charge in [0.15, 0.2) is 0 Å². The quantitative estimate of drug-likeness (QED) is 0.790. The molecule has 0 aliphatic carbocycles. The minimum absolute atomic E-state index is 0.156. The molecule has 4 nitrogen and oxygen atoms in total. The van der Waals surface area contributed by atoms with E-state index < -0.39 is 0 Å². The Morgan fingerprint density at radius 1 is 1.38 bits per heavy atom. The summed E-state index contributed by atoms with van der Waals surface area (Å²) in [6.45, 7) is 3.36. The highest BCUT2D eigenvalue weighted by Crippen LogP contribution is 2.18. The molecule has 0 unspecified atom stereocenters. The van der Waals surface area contributed by atoms with Crippen molar-refractivity contribution in [3.05, 3.63) is 29.3 Å². The van der Waals surface area contributed by atoms with E-state index in [0.29, 0.717) is 5.69 Å². The maximum absolute atomic E-state index is 11.2. The number of aryl methyl sites for hydroxylation is 1. The van der Waals surface area contributed by atoms with Crippen LogP contribution >= 0.6 is 0 Å². The molecule has 0 aliphatic heterocycles. The lowest BCUT2D eigenvalue weighted by Gasteiger charge is -2.10. The van der Waals surface area contributed by atoms with Crippen molar-refractivity contribution >= 4 is 17.6 Å². The van der Waals surface area contributed by atoms with Crippen LogP contribution in [0.4, 0.5) is 5.69 Å². The molecule has 0 heterocycles. The van der Waals surface area contributed by atoms with Crippen molar-refractivity contribution < 1.29 is 14.3 Å². The first-order valence-electron chi connectivity index (χ1n) is 4.97. The van der Waals surface area contributed by atoms with E-state index >= 15 is 0 Å². The molecule has 0 saturated carbocycles. The monoisotopic (exact) mass is 221 g/mol. The third-order valence-corrected chi connectivity index (χ3v) is 2.14. The summed E-state index contributed by atoms with van der Waals surface area (Å²) in [7, 11) is 1.34. The minimum atomic E-state index is -0.324. The van der Waals surface area contributed by atoms with Crippen LogP contribution in [0.1, 0.15) is 18.1 Å². The van der Waals surface area contributed by atoms with Crippen LogP contribution in [0.15, 0.2) is 18.2 Å². The molecule has 0 aliphatic rings. The lowest BCUT2D eigenvalue weighted by atomic mass is 10.1. The van der Waals surface area contributed by atoms with E-state index in [4.69, 9.17) is 0 Å². The second-order valence-electron chi connectivity index (χ2n) is 3.59. The zero-order valence-electron chi connectivity index (χ0n) is 9.66. The third-order valence-electron chi connectivity index (χ3n) is 2.14. The smallest absolute Gasteiger partial charge is 0.310 e. The molecule has 86 valence electrons.